The summed E-state index contributed by atoms with van der Waals surface area (Å²) in [6.45, 7) is 2.15. The number of esters is 1. The molecule has 2 aliphatic heterocycles. The summed E-state index contributed by atoms with van der Waals surface area (Å²) < 4.78 is 4.80. The van der Waals surface area contributed by atoms with Gasteiger partial charge in [0.25, 0.3) is 0 Å². The Morgan fingerprint density at radius 1 is 1.33 bits per heavy atom. The van der Waals surface area contributed by atoms with Gasteiger partial charge in [-0.05, 0) is 31.6 Å². The molecule has 2 aliphatic rings. The van der Waals surface area contributed by atoms with Crippen LogP contribution >= 0.6 is 0 Å². The molecule has 5 heteroatoms. The molecule has 2 N–H and O–H groups in total. The number of carbonyl (C=O) groups is 2. The van der Waals surface area contributed by atoms with Gasteiger partial charge in [-0.3, -0.25) is 4.79 Å². The van der Waals surface area contributed by atoms with E-state index in [-0.39, 0.29) is 17.9 Å². The summed E-state index contributed by atoms with van der Waals surface area (Å²) in [5.74, 6) is 0.0291. The van der Waals surface area contributed by atoms with E-state index in [0.29, 0.717) is 18.8 Å². The first-order valence-corrected chi connectivity index (χ1v) is 6.71. The number of ether oxygens (including phenoxy) is 1. The zero-order valence-corrected chi connectivity index (χ0v) is 11.1. The first kappa shape index (κ1) is 13.3. The third-order valence-electron chi connectivity index (χ3n) is 4.31. The summed E-state index contributed by atoms with van der Waals surface area (Å²) in [4.78, 5) is 25.8. The fourth-order valence-corrected chi connectivity index (χ4v) is 3.25. The zero-order chi connectivity index (χ0) is 13.3. The smallest absolute Gasteiger partial charge is 0.328 e. The van der Waals surface area contributed by atoms with Crippen molar-refractivity contribution >= 4 is 11.9 Å². The minimum atomic E-state index is -0.467. The summed E-state index contributed by atoms with van der Waals surface area (Å²) in [5, 5.41) is 0. The van der Waals surface area contributed by atoms with Crippen molar-refractivity contribution in [2.75, 3.05) is 7.11 Å². The van der Waals surface area contributed by atoms with Crippen LogP contribution in [0.25, 0.3) is 0 Å². The van der Waals surface area contributed by atoms with Gasteiger partial charge >= 0.3 is 5.97 Å². The topological polar surface area (TPSA) is 72.6 Å². The lowest BCUT2D eigenvalue weighted by molar-refractivity contribution is -0.153. The van der Waals surface area contributed by atoms with Crippen molar-refractivity contribution < 1.29 is 14.3 Å². The molecule has 2 fully saturated rings. The van der Waals surface area contributed by atoms with Crippen LogP contribution in [0.3, 0.4) is 0 Å². The highest BCUT2D eigenvalue weighted by Gasteiger charge is 2.45. The van der Waals surface area contributed by atoms with Crippen molar-refractivity contribution in [1.29, 1.82) is 0 Å². The number of hydrogen-bond acceptors (Lipinski definition) is 4. The number of fused-ring (bicyclic) bond motifs is 1. The van der Waals surface area contributed by atoms with Gasteiger partial charge in [-0.2, -0.15) is 0 Å². The van der Waals surface area contributed by atoms with Crippen LogP contribution in [-0.2, 0) is 14.3 Å². The molecule has 0 aliphatic carbocycles. The zero-order valence-electron chi connectivity index (χ0n) is 11.1. The Balaban J connectivity index is 2.25. The Morgan fingerprint density at radius 2 is 2.06 bits per heavy atom. The Labute approximate surface area is 108 Å². The van der Waals surface area contributed by atoms with Gasteiger partial charge in [0.1, 0.15) is 6.04 Å². The maximum atomic E-state index is 12.3. The number of rotatable bonds is 1. The van der Waals surface area contributed by atoms with Crippen LogP contribution in [0.15, 0.2) is 0 Å². The maximum absolute atomic E-state index is 12.3. The van der Waals surface area contributed by atoms with Gasteiger partial charge in [-0.25, -0.2) is 4.79 Å². The van der Waals surface area contributed by atoms with Crippen LogP contribution < -0.4 is 5.73 Å². The van der Waals surface area contributed by atoms with Gasteiger partial charge in [0, 0.05) is 6.04 Å². The summed E-state index contributed by atoms with van der Waals surface area (Å²) in [5.41, 5.74) is 5.91. The Bertz CT molecular complexity index is 345. The number of methoxy groups -OCH3 is 1. The van der Waals surface area contributed by atoms with E-state index in [0.717, 1.165) is 19.3 Å². The number of nitrogens with zero attached hydrogens (tertiary/aromatic N) is 1. The van der Waals surface area contributed by atoms with E-state index < -0.39 is 12.1 Å². The van der Waals surface area contributed by atoms with Crippen molar-refractivity contribution in [2.24, 2.45) is 11.7 Å². The van der Waals surface area contributed by atoms with Gasteiger partial charge in [-0.1, -0.05) is 13.3 Å². The Morgan fingerprint density at radius 3 is 2.72 bits per heavy atom. The molecular weight excluding hydrogens is 232 g/mol. The highest BCUT2D eigenvalue weighted by molar-refractivity contribution is 5.88. The third kappa shape index (κ3) is 2.23. The molecule has 0 radical (unpaired) electrons. The molecule has 0 bridgehead atoms. The van der Waals surface area contributed by atoms with Crippen molar-refractivity contribution in [3.05, 3.63) is 0 Å². The summed E-state index contributed by atoms with van der Waals surface area (Å²) in [6.07, 6.45) is 4.33. The fraction of sp³-hybridized carbons (Fsp3) is 0.846. The Hall–Kier alpha value is -1.10. The van der Waals surface area contributed by atoms with E-state index in [4.69, 9.17) is 10.5 Å². The van der Waals surface area contributed by atoms with Gasteiger partial charge in [-0.15, -0.1) is 0 Å². The van der Waals surface area contributed by atoms with Crippen molar-refractivity contribution in [2.45, 2.75) is 57.2 Å². The molecule has 2 saturated heterocycles. The van der Waals surface area contributed by atoms with Crippen LogP contribution in [-0.4, -0.2) is 42.0 Å². The number of hydrogen-bond donors (Lipinski definition) is 1. The number of carbonyl (C=O) groups excluding carboxylic acids is 2. The summed E-state index contributed by atoms with van der Waals surface area (Å²) in [6, 6.07) is -0.752. The SMILES string of the molecule is COC(=O)[C@@H]1CC[C@@H]2[C@@H](C)CCC[C@H](N)C(=O)N21. The second-order valence-electron chi connectivity index (χ2n) is 5.44. The molecule has 0 unspecified atom stereocenters. The molecule has 0 saturated carbocycles. The molecule has 2 rings (SSSR count). The van der Waals surface area contributed by atoms with Crippen molar-refractivity contribution in [3.8, 4) is 0 Å². The highest BCUT2D eigenvalue weighted by atomic mass is 16.5. The predicted octanol–water partition coefficient (Wildman–Crippen LogP) is 0.666. The first-order chi connectivity index (χ1) is 8.56. The Kier molecular flexibility index (Phi) is 3.90. The van der Waals surface area contributed by atoms with E-state index in [1.54, 1.807) is 4.90 Å². The molecule has 0 aromatic carbocycles. The molecular formula is C13H22N2O3. The maximum Gasteiger partial charge on any atom is 0.328 e. The molecule has 0 spiro atoms. The van der Waals surface area contributed by atoms with Crippen LogP contribution in [0.1, 0.15) is 39.0 Å². The standard InChI is InChI=1S/C13H22N2O3/c1-8-4-3-5-9(14)12(16)15-10(8)6-7-11(15)13(17)18-2/h8-11H,3-7,14H2,1-2H3/t8-,9-,10+,11-/m0/s1. The second-order valence-corrected chi connectivity index (χ2v) is 5.44. The monoisotopic (exact) mass is 254 g/mol. The molecule has 102 valence electrons. The number of amides is 1. The van der Waals surface area contributed by atoms with E-state index in [2.05, 4.69) is 6.92 Å². The lowest BCUT2D eigenvalue weighted by Crippen LogP contribution is -2.54. The molecule has 0 aromatic rings. The molecule has 2 heterocycles. The normalized spacial score (nSPS) is 36.8. The minimum Gasteiger partial charge on any atom is -0.467 e. The lowest BCUT2D eigenvalue weighted by Gasteiger charge is -2.36. The molecule has 18 heavy (non-hydrogen) atoms. The highest BCUT2D eigenvalue weighted by Crippen LogP contribution is 2.34. The van der Waals surface area contributed by atoms with Gasteiger partial charge in [0.05, 0.1) is 13.2 Å². The summed E-state index contributed by atoms with van der Waals surface area (Å²) >= 11 is 0. The predicted molar refractivity (Wildman–Crippen MR) is 66.7 cm³/mol. The van der Waals surface area contributed by atoms with Gasteiger partial charge in [0.2, 0.25) is 5.91 Å². The van der Waals surface area contributed by atoms with Gasteiger partial charge < -0.3 is 15.4 Å². The van der Waals surface area contributed by atoms with Crippen molar-refractivity contribution in [1.82, 2.24) is 4.90 Å². The first-order valence-electron chi connectivity index (χ1n) is 6.71. The second kappa shape index (κ2) is 5.26. The number of nitrogens with two attached hydrogens (primary N) is 1. The summed E-state index contributed by atoms with van der Waals surface area (Å²) in [7, 11) is 1.37. The largest absolute Gasteiger partial charge is 0.467 e. The van der Waals surface area contributed by atoms with Crippen LogP contribution in [0.2, 0.25) is 0 Å². The van der Waals surface area contributed by atoms with E-state index >= 15 is 0 Å². The quantitative estimate of drug-likeness (QED) is 0.698. The van der Waals surface area contributed by atoms with E-state index in [1.807, 2.05) is 0 Å². The fourth-order valence-electron chi connectivity index (χ4n) is 3.25. The van der Waals surface area contributed by atoms with E-state index in [9.17, 15) is 9.59 Å². The molecule has 0 aromatic heterocycles. The third-order valence-corrected chi connectivity index (χ3v) is 4.31. The van der Waals surface area contributed by atoms with Gasteiger partial charge in [0.15, 0.2) is 0 Å². The minimum absolute atomic E-state index is 0.0838. The molecule has 1 amide bonds. The van der Waals surface area contributed by atoms with Crippen LogP contribution in [0.4, 0.5) is 0 Å². The van der Waals surface area contributed by atoms with Crippen LogP contribution in [0.5, 0.6) is 0 Å². The average Bonchev–Trinajstić information content (AvgIpc) is 2.79. The van der Waals surface area contributed by atoms with Crippen LogP contribution in [0, 0.1) is 5.92 Å². The lowest BCUT2D eigenvalue weighted by atomic mass is 9.90. The average molecular weight is 254 g/mol. The van der Waals surface area contributed by atoms with E-state index in [1.165, 1.54) is 7.11 Å². The molecule has 4 atom stereocenters. The van der Waals surface area contributed by atoms with Crippen molar-refractivity contribution in [3.63, 3.8) is 0 Å². The molecule has 5 nitrogen and oxygen atoms in total.